The maximum atomic E-state index is 10.1. The monoisotopic (exact) mass is 616 g/mol. The van der Waals surface area contributed by atoms with Crippen LogP contribution in [0.2, 0.25) is 0 Å². The highest BCUT2D eigenvalue weighted by Gasteiger charge is 2.27. The second kappa shape index (κ2) is 13.5. The lowest BCUT2D eigenvalue weighted by Gasteiger charge is -2.35. The van der Waals surface area contributed by atoms with Gasteiger partial charge in [-0.15, -0.1) is 0 Å². The molecule has 0 fully saturated rings. The highest BCUT2D eigenvalue weighted by atomic mass is 16.5. The second-order valence-electron chi connectivity index (χ2n) is 11.5. The molecule has 2 atom stereocenters. The molecule has 2 aliphatic heterocycles. The van der Waals surface area contributed by atoms with Crippen molar-refractivity contribution in [3.8, 4) is 46.0 Å². The molecule has 0 spiro atoms. The van der Waals surface area contributed by atoms with Crippen molar-refractivity contribution in [2.45, 2.75) is 37.8 Å². The molecule has 0 radical (unpaired) electrons. The number of fused-ring (bicyclic) bond motifs is 2. The van der Waals surface area contributed by atoms with Crippen LogP contribution in [0.1, 0.15) is 45.5 Å². The van der Waals surface area contributed by atoms with Crippen molar-refractivity contribution in [1.82, 2.24) is 10.2 Å². The number of aromatic hydroxyl groups is 6. The van der Waals surface area contributed by atoms with E-state index in [4.69, 9.17) is 9.47 Å². The SMILES string of the molecule is COc1ccc(CC2c3cc(O)c(OC)cc3CCN2C)cc1O.Oc1ccc(CC2NCCc3cc(O)c(O)cc32)cc1O. The molecule has 45 heavy (non-hydrogen) atoms. The molecule has 4 aromatic rings. The van der Waals surface area contributed by atoms with Crippen LogP contribution in [-0.4, -0.2) is 69.9 Å². The topological polar surface area (TPSA) is 155 Å². The Kier molecular flexibility index (Phi) is 9.45. The lowest BCUT2D eigenvalue weighted by molar-refractivity contribution is 0.228. The molecule has 0 saturated heterocycles. The van der Waals surface area contributed by atoms with Crippen LogP contribution in [-0.2, 0) is 25.7 Å². The average Bonchev–Trinajstić information content (AvgIpc) is 3.02. The largest absolute Gasteiger partial charge is 0.504 e. The third-order valence-electron chi connectivity index (χ3n) is 8.61. The third kappa shape index (κ3) is 6.97. The zero-order valence-corrected chi connectivity index (χ0v) is 25.6. The molecule has 0 aromatic heterocycles. The molecule has 0 bridgehead atoms. The average molecular weight is 617 g/mol. The van der Waals surface area contributed by atoms with E-state index in [1.807, 2.05) is 12.1 Å². The summed E-state index contributed by atoms with van der Waals surface area (Å²) in [6.45, 7) is 1.72. The molecule has 0 saturated carbocycles. The maximum Gasteiger partial charge on any atom is 0.160 e. The van der Waals surface area contributed by atoms with Crippen LogP contribution < -0.4 is 14.8 Å². The Balaban J connectivity index is 0.000000179. The number of nitrogens with zero attached hydrogens (tertiary/aromatic N) is 1. The first-order valence-corrected chi connectivity index (χ1v) is 14.8. The quantitative estimate of drug-likeness (QED) is 0.150. The van der Waals surface area contributed by atoms with Crippen LogP contribution in [0.5, 0.6) is 46.0 Å². The zero-order chi connectivity index (χ0) is 32.2. The standard InChI is InChI=1S/C19H23NO4.C16H17NO4/c1-20-7-6-13-10-19(24-3)17(22)11-14(13)15(20)8-12-4-5-18(23-2)16(21)9-12;18-13-2-1-9(6-14(13)19)5-12-11-8-16(21)15(20)7-10(11)3-4-17-12/h4-5,9-11,15,21-22H,6-8H2,1-3H3;1-2,6-8,12,17-21H,3-5H2. The van der Waals surface area contributed by atoms with Gasteiger partial charge in [-0.2, -0.15) is 0 Å². The van der Waals surface area contributed by atoms with Crippen LogP contribution in [0.3, 0.4) is 0 Å². The first kappa shape index (κ1) is 31.6. The predicted molar refractivity (Wildman–Crippen MR) is 170 cm³/mol. The summed E-state index contributed by atoms with van der Waals surface area (Å²) in [5.41, 5.74) is 6.17. The zero-order valence-electron chi connectivity index (χ0n) is 25.6. The molecule has 7 N–H and O–H groups in total. The molecular formula is C35H40N2O8. The molecule has 0 amide bonds. The number of hydrogen-bond acceptors (Lipinski definition) is 10. The number of methoxy groups -OCH3 is 2. The van der Waals surface area contributed by atoms with Gasteiger partial charge in [-0.1, -0.05) is 12.1 Å². The van der Waals surface area contributed by atoms with Gasteiger partial charge in [0, 0.05) is 18.6 Å². The van der Waals surface area contributed by atoms with Gasteiger partial charge in [0.15, 0.2) is 46.0 Å². The molecule has 2 aliphatic rings. The summed E-state index contributed by atoms with van der Waals surface area (Å²) in [6.07, 6.45) is 3.07. The van der Waals surface area contributed by atoms with Crippen LogP contribution in [0.4, 0.5) is 0 Å². The van der Waals surface area contributed by atoms with Crippen molar-refractivity contribution in [2.75, 3.05) is 34.4 Å². The van der Waals surface area contributed by atoms with E-state index in [0.29, 0.717) is 17.9 Å². The highest BCUT2D eigenvalue weighted by Crippen LogP contribution is 2.39. The Bertz CT molecular complexity index is 1670. The molecule has 2 heterocycles. The van der Waals surface area contributed by atoms with E-state index in [1.165, 1.54) is 24.8 Å². The number of likely N-dealkylation sites (N-methyl/N-ethyl adjacent to an activating group) is 1. The van der Waals surface area contributed by atoms with Gasteiger partial charge in [0.1, 0.15) is 0 Å². The van der Waals surface area contributed by atoms with Gasteiger partial charge >= 0.3 is 0 Å². The van der Waals surface area contributed by atoms with E-state index < -0.39 is 0 Å². The van der Waals surface area contributed by atoms with Gasteiger partial charge in [0.25, 0.3) is 0 Å². The number of ether oxygens (including phenoxy) is 2. The smallest absolute Gasteiger partial charge is 0.160 e. The summed E-state index contributed by atoms with van der Waals surface area (Å²) in [7, 11) is 5.18. The van der Waals surface area contributed by atoms with Gasteiger partial charge in [-0.3, -0.25) is 4.90 Å². The molecule has 0 aliphatic carbocycles. The number of nitrogens with one attached hydrogen (secondary N) is 1. The molecule has 10 nitrogen and oxygen atoms in total. The minimum Gasteiger partial charge on any atom is -0.504 e. The summed E-state index contributed by atoms with van der Waals surface area (Å²) in [6, 6.07) is 17.3. The molecular weight excluding hydrogens is 576 g/mol. The van der Waals surface area contributed by atoms with E-state index in [1.54, 1.807) is 43.5 Å². The fourth-order valence-electron chi connectivity index (χ4n) is 6.14. The van der Waals surface area contributed by atoms with E-state index in [9.17, 15) is 30.6 Å². The summed E-state index contributed by atoms with van der Waals surface area (Å²) in [4.78, 5) is 2.27. The summed E-state index contributed by atoms with van der Waals surface area (Å²) < 4.78 is 10.3. The number of rotatable bonds is 6. The van der Waals surface area contributed by atoms with E-state index in [0.717, 1.165) is 60.2 Å². The van der Waals surface area contributed by atoms with Gasteiger partial charge in [0.05, 0.1) is 14.2 Å². The molecule has 238 valence electrons. The van der Waals surface area contributed by atoms with Crippen molar-refractivity contribution >= 4 is 0 Å². The predicted octanol–water partition coefficient (Wildman–Crippen LogP) is 4.83. The first-order chi connectivity index (χ1) is 21.6. The number of hydrogen-bond donors (Lipinski definition) is 7. The van der Waals surface area contributed by atoms with Crippen molar-refractivity contribution in [1.29, 1.82) is 0 Å². The minimum atomic E-state index is -0.142. The van der Waals surface area contributed by atoms with Crippen LogP contribution >= 0.6 is 0 Å². The van der Waals surface area contributed by atoms with Gasteiger partial charge in [-0.25, -0.2) is 0 Å². The second-order valence-corrected chi connectivity index (χ2v) is 11.5. The van der Waals surface area contributed by atoms with Crippen molar-refractivity contribution in [3.63, 3.8) is 0 Å². The Morgan fingerprint density at radius 1 is 0.644 bits per heavy atom. The minimum absolute atomic E-state index is 0.0100. The summed E-state index contributed by atoms with van der Waals surface area (Å²) >= 11 is 0. The van der Waals surface area contributed by atoms with Gasteiger partial charge < -0.3 is 45.4 Å². The van der Waals surface area contributed by atoms with Crippen molar-refractivity contribution < 1.29 is 40.1 Å². The number of phenols is 6. The molecule has 6 rings (SSSR count). The Morgan fingerprint density at radius 2 is 1.24 bits per heavy atom. The third-order valence-corrected chi connectivity index (χ3v) is 8.61. The van der Waals surface area contributed by atoms with E-state index in [-0.39, 0.29) is 46.6 Å². The Morgan fingerprint density at radius 3 is 1.96 bits per heavy atom. The van der Waals surface area contributed by atoms with E-state index in [2.05, 4.69) is 17.3 Å². The lowest BCUT2D eigenvalue weighted by atomic mass is 9.88. The number of benzene rings is 4. The van der Waals surface area contributed by atoms with Crippen LogP contribution in [0, 0.1) is 0 Å². The fraction of sp³-hybridized carbons (Fsp3) is 0.314. The van der Waals surface area contributed by atoms with Crippen LogP contribution in [0.15, 0.2) is 60.7 Å². The van der Waals surface area contributed by atoms with Crippen LogP contribution in [0.25, 0.3) is 0 Å². The van der Waals surface area contributed by atoms with Crippen molar-refractivity contribution in [2.24, 2.45) is 0 Å². The summed E-state index contributed by atoms with van der Waals surface area (Å²) in [5.74, 6) is 0.779. The molecule has 10 heteroatoms. The Hall–Kier alpha value is -4.80. The van der Waals surface area contributed by atoms with Gasteiger partial charge in [0.2, 0.25) is 0 Å². The highest BCUT2D eigenvalue weighted by molar-refractivity contribution is 5.50. The molecule has 2 unspecified atom stereocenters. The molecule has 4 aromatic carbocycles. The maximum absolute atomic E-state index is 10.1. The van der Waals surface area contributed by atoms with E-state index >= 15 is 0 Å². The van der Waals surface area contributed by atoms with Crippen molar-refractivity contribution in [3.05, 3.63) is 94.0 Å². The number of phenolic OH excluding ortho intramolecular Hbond substituents is 6. The Labute approximate surface area is 262 Å². The normalized spacial score (nSPS) is 17.4. The summed E-state index contributed by atoms with van der Waals surface area (Å²) in [5, 5.41) is 61.7. The lowest BCUT2D eigenvalue weighted by Crippen LogP contribution is -2.33. The first-order valence-electron chi connectivity index (χ1n) is 14.8. The fourth-order valence-corrected chi connectivity index (χ4v) is 6.14. The van der Waals surface area contributed by atoms with Gasteiger partial charge in [-0.05, 0) is 121 Å².